The van der Waals surface area contributed by atoms with Gasteiger partial charge >= 0.3 is 0 Å². The molecule has 0 aliphatic carbocycles. The predicted octanol–water partition coefficient (Wildman–Crippen LogP) is 0.318. The van der Waals surface area contributed by atoms with Crippen LogP contribution in [0.5, 0.6) is 0 Å². The molecule has 0 aromatic carbocycles. The fraction of sp³-hybridized carbons (Fsp3) is 0.562. The summed E-state index contributed by atoms with van der Waals surface area (Å²) < 4.78 is 1.41. The number of carbonyl (C=O) groups is 2. The van der Waals surface area contributed by atoms with Gasteiger partial charge in [-0.15, -0.1) is 0 Å². The second kappa shape index (κ2) is 5.94. The Balaban J connectivity index is 1.77. The molecule has 1 aromatic rings. The van der Waals surface area contributed by atoms with Gasteiger partial charge in [-0.25, -0.2) is 0 Å². The normalized spacial score (nSPS) is 25.0. The van der Waals surface area contributed by atoms with Crippen LogP contribution >= 0.6 is 0 Å². The van der Waals surface area contributed by atoms with Gasteiger partial charge in [-0.3, -0.25) is 14.4 Å². The summed E-state index contributed by atoms with van der Waals surface area (Å²) in [4.78, 5) is 40.2. The van der Waals surface area contributed by atoms with Gasteiger partial charge in [0.15, 0.2) is 0 Å². The van der Waals surface area contributed by atoms with Crippen molar-refractivity contribution in [1.82, 2.24) is 14.4 Å². The molecule has 2 saturated heterocycles. The molecule has 2 aliphatic heterocycles. The Hall–Kier alpha value is -2.11. The maximum absolute atomic E-state index is 12.6. The van der Waals surface area contributed by atoms with Crippen molar-refractivity contribution in [2.75, 3.05) is 20.1 Å². The first-order valence-corrected chi connectivity index (χ1v) is 7.76. The van der Waals surface area contributed by atoms with Crippen LogP contribution in [0.15, 0.2) is 29.2 Å². The van der Waals surface area contributed by atoms with Crippen LogP contribution in [0.3, 0.4) is 0 Å². The minimum absolute atomic E-state index is 0.0387. The van der Waals surface area contributed by atoms with E-state index in [0.717, 1.165) is 19.3 Å². The Morgan fingerprint density at radius 1 is 1.23 bits per heavy atom. The van der Waals surface area contributed by atoms with Crippen molar-refractivity contribution in [3.05, 3.63) is 34.7 Å². The lowest BCUT2D eigenvalue weighted by atomic mass is 9.99. The van der Waals surface area contributed by atoms with Gasteiger partial charge in [-0.1, -0.05) is 12.5 Å². The number of aromatic nitrogens is 1. The van der Waals surface area contributed by atoms with E-state index in [2.05, 4.69) is 0 Å². The second-order valence-electron chi connectivity index (χ2n) is 6.20. The maximum atomic E-state index is 12.6. The number of likely N-dealkylation sites (tertiary alicyclic amines) is 1. The molecule has 2 bridgehead atoms. The minimum atomic E-state index is -0.181. The quantitative estimate of drug-likeness (QED) is 0.790. The van der Waals surface area contributed by atoms with Crippen molar-refractivity contribution >= 4 is 11.8 Å². The molecule has 0 saturated carbocycles. The highest BCUT2D eigenvalue weighted by Gasteiger charge is 2.37. The van der Waals surface area contributed by atoms with E-state index >= 15 is 0 Å². The average Bonchev–Trinajstić information content (AvgIpc) is 2.67. The summed E-state index contributed by atoms with van der Waals surface area (Å²) in [5.41, 5.74) is -0.181. The molecule has 0 spiro atoms. The zero-order chi connectivity index (χ0) is 15.7. The van der Waals surface area contributed by atoms with Crippen molar-refractivity contribution in [2.24, 2.45) is 5.92 Å². The molecule has 118 valence electrons. The molecule has 3 rings (SSSR count). The Kier molecular flexibility index (Phi) is 4.00. The van der Waals surface area contributed by atoms with Crippen molar-refractivity contribution in [3.8, 4) is 0 Å². The first-order valence-electron chi connectivity index (χ1n) is 7.76. The summed E-state index contributed by atoms with van der Waals surface area (Å²) in [6.07, 6.45) is 4.43. The Labute approximate surface area is 129 Å². The predicted molar refractivity (Wildman–Crippen MR) is 81.2 cm³/mol. The zero-order valence-electron chi connectivity index (χ0n) is 12.8. The molecule has 6 nitrogen and oxygen atoms in total. The molecule has 0 unspecified atom stereocenters. The first-order chi connectivity index (χ1) is 10.6. The van der Waals surface area contributed by atoms with E-state index in [0.29, 0.717) is 13.1 Å². The number of hydrogen-bond acceptors (Lipinski definition) is 3. The SMILES string of the molecule is CN1C(=O)[C@@H]2CCC[C@H]1CN(C(=O)Cn1ccccc1=O)C2. The van der Waals surface area contributed by atoms with Crippen molar-refractivity contribution in [3.63, 3.8) is 0 Å². The molecule has 1 aromatic heterocycles. The highest BCUT2D eigenvalue weighted by Crippen LogP contribution is 2.26. The highest BCUT2D eigenvalue weighted by atomic mass is 16.2. The van der Waals surface area contributed by atoms with E-state index < -0.39 is 0 Å². The number of amides is 2. The molecule has 3 heterocycles. The number of rotatable bonds is 2. The summed E-state index contributed by atoms with van der Waals surface area (Å²) in [5.74, 6) is -0.0445. The van der Waals surface area contributed by atoms with E-state index in [1.807, 2.05) is 7.05 Å². The number of carbonyl (C=O) groups excluding carboxylic acids is 2. The van der Waals surface area contributed by atoms with Crippen LogP contribution in [0, 0.1) is 5.92 Å². The number of nitrogens with zero attached hydrogens (tertiary/aromatic N) is 3. The Morgan fingerprint density at radius 2 is 2.05 bits per heavy atom. The number of hydrogen-bond donors (Lipinski definition) is 0. The Bertz CT molecular complexity index is 640. The third kappa shape index (κ3) is 2.77. The summed E-state index contributed by atoms with van der Waals surface area (Å²) in [7, 11) is 1.83. The average molecular weight is 303 g/mol. The number of pyridine rings is 1. The Morgan fingerprint density at radius 3 is 2.82 bits per heavy atom. The summed E-state index contributed by atoms with van der Waals surface area (Å²) in [6.45, 7) is 1.08. The molecule has 2 amide bonds. The lowest BCUT2D eigenvalue weighted by Gasteiger charge is -2.29. The molecule has 2 fully saturated rings. The highest BCUT2D eigenvalue weighted by molar-refractivity contribution is 5.82. The lowest BCUT2D eigenvalue weighted by molar-refractivity contribution is -0.134. The molecule has 2 atom stereocenters. The van der Waals surface area contributed by atoms with Crippen LogP contribution in [0.25, 0.3) is 0 Å². The van der Waals surface area contributed by atoms with Gasteiger partial charge in [0.2, 0.25) is 11.8 Å². The maximum Gasteiger partial charge on any atom is 0.250 e. The zero-order valence-corrected chi connectivity index (χ0v) is 12.8. The molecule has 0 radical (unpaired) electrons. The molecule has 6 heteroatoms. The summed E-state index contributed by atoms with van der Waals surface area (Å²) in [5, 5.41) is 0. The van der Waals surface area contributed by atoms with E-state index in [1.54, 1.807) is 28.1 Å². The van der Waals surface area contributed by atoms with Crippen LogP contribution in [0.2, 0.25) is 0 Å². The molecule has 0 N–H and O–H groups in total. The van der Waals surface area contributed by atoms with Crippen molar-refractivity contribution < 1.29 is 9.59 Å². The van der Waals surface area contributed by atoms with Gasteiger partial charge in [0.05, 0.1) is 5.92 Å². The van der Waals surface area contributed by atoms with Crippen LogP contribution in [-0.2, 0) is 16.1 Å². The summed E-state index contributed by atoms with van der Waals surface area (Å²) in [6, 6.07) is 4.94. The van der Waals surface area contributed by atoms with E-state index in [-0.39, 0.29) is 35.9 Å². The fourth-order valence-corrected chi connectivity index (χ4v) is 3.40. The fourth-order valence-electron chi connectivity index (χ4n) is 3.40. The molecule has 22 heavy (non-hydrogen) atoms. The third-order valence-electron chi connectivity index (χ3n) is 4.76. The number of likely N-dealkylation sites (N-methyl/N-ethyl adjacent to an activating group) is 1. The van der Waals surface area contributed by atoms with Gasteiger partial charge < -0.3 is 14.4 Å². The largest absolute Gasteiger partial charge is 0.341 e. The number of fused-ring (bicyclic) bond motifs is 3. The third-order valence-corrected chi connectivity index (χ3v) is 4.76. The summed E-state index contributed by atoms with van der Waals surface area (Å²) >= 11 is 0. The standard InChI is InChI=1S/C16H21N3O3/c1-17-13-6-4-5-12(16(17)22)9-19(10-13)15(21)11-18-8-3-2-7-14(18)20/h2-3,7-8,12-13H,4-6,9-11H2,1H3/t12-,13+/m1/s1. The van der Waals surface area contributed by atoms with Gasteiger partial charge in [0.1, 0.15) is 6.54 Å². The smallest absolute Gasteiger partial charge is 0.250 e. The van der Waals surface area contributed by atoms with Crippen molar-refractivity contribution in [2.45, 2.75) is 31.8 Å². The van der Waals surface area contributed by atoms with Gasteiger partial charge in [-0.05, 0) is 18.9 Å². The van der Waals surface area contributed by atoms with Crippen molar-refractivity contribution in [1.29, 1.82) is 0 Å². The van der Waals surface area contributed by atoms with Crippen LogP contribution in [0.4, 0.5) is 0 Å². The second-order valence-corrected chi connectivity index (χ2v) is 6.20. The van der Waals surface area contributed by atoms with Crippen LogP contribution in [0.1, 0.15) is 19.3 Å². The van der Waals surface area contributed by atoms with Gasteiger partial charge in [0.25, 0.3) is 5.56 Å². The van der Waals surface area contributed by atoms with E-state index in [4.69, 9.17) is 0 Å². The molecular formula is C16H21N3O3. The molecule has 2 aliphatic rings. The van der Waals surface area contributed by atoms with Crippen LogP contribution < -0.4 is 5.56 Å². The first kappa shape index (κ1) is 14.8. The lowest BCUT2D eigenvalue weighted by Crippen LogP contribution is -2.44. The van der Waals surface area contributed by atoms with E-state index in [1.165, 1.54) is 10.6 Å². The van der Waals surface area contributed by atoms with Crippen LogP contribution in [-0.4, -0.2) is 52.4 Å². The topological polar surface area (TPSA) is 62.6 Å². The minimum Gasteiger partial charge on any atom is -0.341 e. The van der Waals surface area contributed by atoms with Gasteiger partial charge in [-0.2, -0.15) is 0 Å². The monoisotopic (exact) mass is 303 g/mol. The molecular weight excluding hydrogens is 282 g/mol. The van der Waals surface area contributed by atoms with E-state index in [9.17, 15) is 14.4 Å². The van der Waals surface area contributed by atoms with Gasteiger partial charge in [0, 0.05) is 38.4 Å².